The first-order valence-corrected chi connectivity index (χ1v) is 11.4. The molecule has 1 N–H and O–H groups in total. The van der Waals surface area contributed by atoms with Gasteiger partial charge in [-0.05, 0) is 80.9 Å². The number of amides is 1. The third-order valence-electron chi connectivity index (χ3n) is 7.60. The molecule has 4 bridgehead atoms. The second-order valence-corrected chi connectivity index (χ2v) is 10.6. The van der Waals surface area contributed by atoms with Gasteiger partial charge in [0.2, 0.25) is 5.91 Å². The highest BCUT2D eigenvalue weighted by Crippen LogP contribution is 2.56. The van der Waals surface area contributed by atoms with E-state index in [0.29, 0.717) is 29.8 Å². The van der Waals surface area contributed by atoms with E-state index in [-0.39, 0.29) is 12.0 Å². The summed E-state index contributed by atoms with van der Waals surface area (Å²) in [5.74, 6) is 2.28. The van der Waals surface area contributed by atoms with Crippen LogP contribution in [-0.2, 0) is 4.79 Å². The van der Waals surface area contributed by atoms with E-state index in [1.165, 1.54) is 37.7 Å². The van der Waals surface area contributed by atoms with Gasteiger partial charge in [0.15, 0.2) is 0 Å². The summed E-state index contributed by atoms with van der Waals surface area (Å²) in [6.45, 7) is 8.74. The molecule has 4 aliphatic rings. The Morgan fingerprint density at radius 2 is 1.93 bits per heavy atom. The quantitative estimate of drug-likeness (QED) is 0.714. The highest BCUT2D eigenvalue weighted by Gasteiger charge is 2.53. The number of H-pyrrole nitrogens is 1. The number of nitrogens with one attached hydrogen (secondary N) is 1. The molecule has 2 saturated heterocycles. The summed E-state index contributed by atoms with van der Waals surface area (Å²) in [7, 11) is 0. The van der Waals surface area contributed by atoms with Gasteiger partial charge >= 0.3 is 0 Å². The fourth-order valence-corrected chi connectivity index (χ4v) is 6.81. The van der Waals surface area contributed by atoms with Crippen LogP contribution in [-0.4, -0.2) is 34.0 Å². The minimum absolute atomic E-state index is 0.126. The predicted octanol–water partition coefficient (Wildman–Crippen LogP) is 5.63. The molecule has 6 rings (SSSR count). The molecule has 4 fully saturated rings. The molecule has 3 atom stereocenters. The maximum absolute atomic E-state index is 13.4. The van der Waals surface area contributed by atoms with Gasteiger partial charge in [0.25, 0.3) is 0 Å². The highest BCUT2D eigenvalue weighted by atomic mass is 16.5. The molecule has 4 heteroatoms. The summed E-state index contributed by atoms with van der Waals surface area (Å²) in [5.41, 5.74) is 2.76. The number of ether oxygens (including phenoxy) is 1. The number of piperidine rings is 2. The first-order valence-electron chi connectivity index (χ1n) is 11.4. The van der Waals surface area contributed by atoms with Gasteiger partial charge in [0.1, 0.15) is 5.75 Å². The summed E-state index contributed by atoms with van der Waals surface area (Å²) in [6.07, 6.45) is 9.03. The highest BCUT2D eigenvalue weighted by molar-refractivity contribution is 5.90. The lowest BCUT2D eigenvalue weighted by atomic mass is 9.56. The first-order chi connectivity index (χ1) is 13.8. The summed E-state index contributed by atoms with van der Waals surface area (Å²) in [4.78, 5) is 19.1. The van der Waals surface area contributed by atoms with Crippen molar-refractivity contribution in [3.63, 3.8) is 0 Å². The monoisotopic (exact) mass is 394 g/mol. The summed E-state index contributed by atoms with van der Waals surface area (Å²) < 4.78 is 6.07. The Labute approximate surface area is 174 Å². The number of fused-ring (bicyclic) bond motifs is 1. The Morgan fingerprint density at radius 3 is 2.59 bits per heavy atom. The minimum Gasteiger partial charge on any atom is -0.490 e. The molecule has 0 spiro atoms. The van der Waals surface area contributed by atoms with Crippen LogP contribution < -0.4 is 4.74 Å². The molecule has 4 nitrogen and oxygen atoms in total. The van der Waals surface area contributed by atoms with Crippen molar-refractivity contribution in [2.24, 2.45) is 11.3 Å². The van der Waals surface area contributed by atoms with E-state index >= 15 is 0 Å². The van der Waals surface area contributed by atoms with E-state index in [1.54, 1.807) is 0 Å². The van der Waals surface area contributed by atoms with Gasteiger partial charge in [-0.3, -0.25) is 4.79 Å². The zero-order valence-corrected chi connectivity index (χ0v) is 18.2. The van der Waals surface area contributed by atoms with Crippen molar-refractivity contribution in [3.05, 3.63) is 30.0 Å². The number of carbonyl (C=O) groups excluding carboxylic acids is 1. The lowest BCUT2D eigenvalue weighted by Crippen LogP contribution is -2.62. The van der Waals surface area contributed by atoms with Gasteiger partial charge < -0.3 is 14.6 Å². The lowest BCUT2D eigenvalue weighted by Gasteiger charge is -2.61. The predicted molar refractivity (Wildman–Crippen MR) is 116 cm³/mol. The van der Waals surface area contributed by atoms with Crippen molar-refractivity contribution >= 4 is 16.8 Å². The number of aromatic amines is 1. The van der Waals surface area contributed by atoms with E-state index in [1.807, 2.05) is 12.1 Å². The van der Waals surface area contributed by atoms with Crippen LogP contribution in [0.4, 0.5) is 0 Å². The molecular weight excluding hydrogens is 360 g/mol. The van der Waals surface area contributed by atoms with Gasteiger partial charge in [-0.2, -0.15) is 0 Å². The van der Waals surface area contributed by atoms with E-state index in [0.717, 1.165) is 22.6 Å². The van der Waals surface area contributed by atoms with Crippen LogP contribution in [0.5, 0.6) is 5.75 Å². The van der Waals surface area contributed by atoms with Crippen LogP contribution in [0.3, 0.4) is 0 Å². The number of benzene rings is 1. The van der Waals surface area contributed by atoms with Crippen molar-refractivity contribution in [1.29, 1.82) is 0 Å². The number of nitrogens with zero attached hydrogens (tertiary/aromatic N) is 1. The molecular formula is C25H34N2O2. The molecule has 1 amide bonds. The van der Waals surface area contributed by atoms with Crippen molar-refractivity contribution in [2.45, 2.75) is 90.3 Å². The third kappa shape index (κ3) is 3.25. The van der Waals surface area contributed by atoms with Crippen LogP contribution in [0.2, 0.25) is 0 Å². The molecule has 1 aromatic carbocycles. The maximum atomic E-state index is 13.4. The van der Waals surface area contributed by atoms with Gasteiger partial charge in [-0.1, -0.05) is 19.9 Å². The Kier molecular flexibility index (Phi) is 4.45. The van der Waals surface area contributed by atoms with Gasteiger partial charge in [-0.15, -0.1) is 0 Å². The van der Waals surface area contributed by atoms with Gasteiger partial charge in [0, 0.05) is 35.6 Å². The number of hydrogen-bond donors (Lipinski definition) is 1. The van der Waals surface area contributed by atoms with Crippen LogP contribution in [0, 0.1) is 11.3 Å². The molecule has 29 heavy (non-hydrogen) atoms. The average Bonchev–Trinajstić information content (AvgIpc) is 3.04. The normalized spacial score (nSPS) is 31.6. The van der Waals surface area contributed by atoms with E-state index in [9.17, 15) is 4.79 Å². The van der Waals surface area contributed by atoms with E-state index in [2.05, 4.69) is 49.8 Å². The van der Waals surface area contributed by atoms with Crippen LogP contribution in [0.25, 0.3) is 10.9 Å². The molecule has 1 aromatic heterocycles. The Balaban J connectivity index is 1.37. The fourth-order valence-electron chi connectivity index (χ4n) is 6.81. The third-order valence-corrected chi connectivity index (χ3v) is 7.60. The standard InChI is InChI=1S/C25H34N2O2/c1-15(2)29-22-7-5-6-21-24(22)20(14-26-21)16(3)8-23(28)27-18-9-17-10-19(27)13-25(4,11-17)12-18/h5-7,14-19,26H,8-13H2,1-4H3. The first kappa shape index (κ1) is 19.0. The average molecular weight is 395 g/mol. The summed E-state index contributed by atoms with van der Waals surface area (Å²) >= 11 is 0. The van der Waals surface area contributed by atoms with Gasteiger partial charge in [0.05, 0.1) is 6.10 Å². The molecule has 2 aromatic rings. The number of carbonyl (C=O) groups is 1. The SMILES string of the molecule is CC(C)Oc1cccc2[nH]cc(C(C)CC(=O)N3C4CC5CC3CC(C)(C5)C4)c12. The lowest BCUT2D eigenvalue weighted by molar-refractivity contribution is -0.156. The number of hydrogen-bond acceptors (Lipinski definition) is 2. The van der Waals surface area contributed by atoms with Gasteiger partial charge in [-0.25, -0.2) is 0 Å². The molecule has 3 heterocycles. The summed E-state index contributed by atoms with van der Waals surface area (Å²) in [5, 5.41) is 1.13. The molecule has 2 saturated carbocycles. The van der Waals surface area contributed by atoms with Crippen molar-refractivity contribution in [1.82, 2.24) is 9.88 Å². The van der Waals surface area contributed by atoms with E-state index < -0.39 is 0 Å². The zero-order chi connectivity index (χ0) is 20.3. The number of rotatable bonds is 5. The smallest absolute Gasteiger partial charge is 0.223 e. The Morgan fingerprint density at radius 1 is 1.21 bits per heavy atom. The minimum atomic E-state index is 0.126. The van der Waals surface area contributed by atoms with Crippen molar-refractivity contribution < 1.29 is 9.53 Å². The summed E-state index contributed by atoms with van der Waals surface area (Å²) in [6, 6.07) is 7.11. The maximum Gasteiger partial charge on any atom is 0.223 e. The molecule has 156 valence electrons. The second-order valence-electron chi connectivity index (χ2n) is 10.6. The van der Waals surface area contributed by atoms with Crippen molar-refractivity contribution in [3.8, 4) is 5.75 Å². The van der Waals surface area contributed by atoms with Crippen LogP contribution in [0.15, 0.2) is 24.4 Å². The molecule has 3 unspecified atom stereocenters. The zero-order valence-electron chi connectivity index (χ0n) is 18.2. The Bertz CT molecular complexity index is 914. The Hall–Kier alpha value is -1.97. The van der Waals surface area contributed by atoms with Crippen LogP contribution >= 0.6 is 0 Å². The largest absolute Gasteiger partial charge is 0.490 e. The number of aromatic nitrogens is 1. The fraction of sp³-hybridized carbons (Fsp3) is 0.640. The second kappa shape index (κ2) is 6.78. The topological polar surface area (TPSA) is 45.3 Å². The van der Waals surface area contributed by atoms with Crippen LogP contribution in [0.1, 0.15) is 77.7 Å². The molecule has 0 radical (unpaired) electrons. The molecule has 2 aliphatic carbocycles. The van der Waals surface area contributed by atoms with E-state index in [4.69, 9.17) is 4.74 Å². The van der Waals surface area contributed by atoms with Crippen molar-refractivity contribution in [2.75, 3.05) is 0 Å². The molecule has 2 aliphatic heterocycles.